The SMILES string of the molecule is C[S+](c1ccccc1)S(=O)(=O)C(F)(F)F.O=S(=O)([O-])C(F)(F)F. The van der Waals surface area contributed by atoms with Crippen LogP contribution in [0, 0.1) is 0 Å². The van der Waals surface area contributed by atoms with Gasteiger partial charge in [-0.2, -0.15) is 34.8 Å². The minimum Gasteiger partial charge on any atom is -0.741 e. The zero-order valence-corrected chi connectivity index (χ0v) is 13.4. The molecule has 0 radical (unpaired) electrons. The van der Waals surface area contributed by atoms with Gasteiger partial charge in [-0.05, 0) is 12.1 Å². The standard InChI is InChI=1S/C8H8F3O2S2.CHF3O3S/c1-14(7-5-3-2-4-6-7)15(12,13)8(9,10)11;2-1(3,4)8(5,6)7/h2-6H,1H3;(H,5,6,7)/q+1;/p-1. The predicted molar refractivity (Wildman–Crippen MR) is 68.7 cm³/mol. The quantitative estimate of drug-likeness (QED) is 0.247. The van der Waals surface area contributed by atoms with E-state index in [4.69, 9.17) is 13.0 Å². The Hall–Kier alpha value is -0.990. The molecule has 1 aromatic rings. The molecule has 1 rings (SSSR count). The molecule has 5 nitrogen and oxygen atoms in total. The summed E-state index contributed by atoms with van der Waals surface area (Å²) in [6.07, 6.45) is 1.05. The lowest BCUT2D eigenvalue weighted by Gasteiger charge is -2.08. The summed E-state index contributed by atoms with van der Waals surface area (Å²) in [5.41, 5.74) is -10.8. The summed E-state index contributed by atoms with van der Waals surface area (Å²) in [6, 6.07) is 7.36. The molecule has 1 aromatic carbocycles. The molecule has 0 aliphatic rings. The van der Waals surface area contributed by atoms with Gasteiger partial charge in [-0.25, -0.2) is 8.42 Å². The van der Waals surface area contributed by atoms with Crippen molar-refractivity contribution in [2.45, 2.75) is 15.9 Å². The molecule has 0 N–H and O–H groups in total. The molecule has 23 heavy (non-hydrogen) atoms. The van der Waals surface area contributed by atoms with Crippen molar-refractivity contribution in [2.75, 3.05) is 6.26 Å². The molecule has 0 spiro atoms. The first-order valence-corrected chi connectivity index (χ1v) is 10.1. The highest BCUT2D eigenvalue weighted by molar-refractivity contribution is 8.69. The van der Waals surface area contributed by atoms with Crippen LogP contribution in [0.1, 0.15) is 0 Å². The number of hydrogen-bond acceptors (Lipinski definition) is 5. The highest BCUT2D eigenvalue weighted by Gasteiger charge is 2.57. The highest BCUT2D eigenvalue weighted by atomic mass is 33.2. The van der Waals surface area contributed by atoms with Crippen LogP contribution in [-0.2, 0) is 28.9 Å². The van der Waals surface area contributed by atoms with Crippen LogP contribution in [0.4, 0.5) is 26.3 Å². The molecule has 0 aliphatic carbocycles. The van der Waals surface area contributed by atoms with E-state index in [1.54, 1.807) is 6.07 Å². The summed E-state index contributed by atoms with van der Waals surface area (Å²) in [5, 5.41) is 0. The maximum absolute atomic E-state index is 12.2. The van der Waals surface area contributed by atoms with Gasteiger partial charge >= 0.3 is 19.9 Å². The van der Waals surface area contributed by atoms with Gasteiger partial charge in [0.1, 0.15) is 6.26 Å². The van der Waals surface area contributed by atoms with Crippen molar-refractivity contribution in [2.24, 2.45) is 0 Å². The first-order valence-electron chi connectivity index (χ1n) is 5.07. The molecule has 0 bridgehead atoms. The zero-order valence-electron chi connectivity index (χ0n) is 10.9. The molecule has 0 saturated carbocycles. The lowest BCUT2D eigenvalue weighted by Crippen LogP contribution is -2.30. The molecule has 0 aromatic heterocycles. The number of halogens is 6. The van der Waals surface area contributed by atoms with Crippen molar-refractivity contribution >= 4 is 28.9 Å². The van der Waals surface area contributed by atoms with E-state index >= 15 is 0 Å². The normalized spacial score (nSPS) is 14.6. The number of alkyl halides is 6. The van der Waals surface area contributed by atoms with Gasteiger partial charge in [0.2, 0.25) is 0 Å². The van der Waals surface area contributed by atoms with E-state index < -0.39 is 39.9 Å². The lowest BCUT2D eigenvalue weighted by molar-refractivity contribution is -0.0518. The molecule has 1 unspecified atom stereocenters. The van der Waals surface area contributed by atoms with Crippen molar-refractivity contribution < 1.29 is 47.7 Å². The fourth-order valence-electron chi connectivity index (χ4n) is 0.881. The Morgan fingerprint density at radius 2 is 1.22 bits per heavy atom. The second-order valence-electron chi connectivity index (χ2n) is 3.57. The molecular formula is C9H8F6O5S3. The van der Waals surface area contributed by atoms with Crippen LogP contribution in [0.5, 0.6) is 0 Å². The third-order valence-electron chi connectivity index (χ3n) is 1.97. The van der Waals surface area contributed by atoms with Crippen molar-refractivity contribution in [3.63, 3.8) is 0 Å². The molecule has 0 heterocycles. The van der Waals surface area contributed by atoms with E-state index in [-0.39, 0.29) is 4.90 Å². The maximum Gasteiger partial charge on any atom is 0.544 e. The van der Waals surface area contributed by atoms with Crippen LogP contribution in [0.3, 0.4) is 0 Å². The molecule has 14 heteroatoms. The smallest absolute Gasteiger partial charge is 0.544 e. The van der Waals surface area contributed by atoms with E-state index in [9.17, 15) is 34.8 Å². The van der Waals surface area contributed by atoms with Crippen LogP contribution in [0.15, 0.2) is 35.2 Å². The lowest BCUT2D eigenvalue weighted by atomic mass is 10.4. The van der Waals surface area contributed by atoms with Crippen LogP contribution >= 0.6 is 0 Å². The third kappa shape index (κ3) is 6.19. The summed E-state index contributed by atoms with van der Waals surface area (Å²) in [5.74, 6) is 0. The zero-order chi connectivity index (χ0) is 18.7. The fourth-order valence-corrected chi connectivity index (χ4v) is 3.90. The van der Waals surface area contributed by atoms with Crippen LogP contribution in [0.2, 0.25) is 0 Å². The fraction of sp³-hybridized carbons (Fsp3) is 0.333. The van der Waals surface area contributed by atoms with Gasteiger partial charge in [0.25, 0.3) is 0 Å². The van der Waals surface area contributed by atoms with E-state index in [0.717, 1.165) is 6.26 Å². The molecule has 0 aliphatic heterocycles. The van der Waals surface area contributed by atoms with Crippen LogP contribution in [0.25, 0.3) is 0 Å². The van der Waals surface area contributed by atoms with Gasteiger partial charge in [-0.3, -0.25) is 0 Å². The largest absolute Gasteiger partial charge is 0.741 e. The molecular weight excluding hydrogens is 398 g/mol. The van der Waals surface area contributed by atoms with Gasteiger partial charge in [0, 0.05) is 0 Å². The van der Waals surface area contributed by atoms with Crippen LogP contribution in [-0.4, -0.2) is 38.7 Å². The summed E-state index contributed by atoms with van der Waals surface area (Å²) < 4.78 is 118. The third-order valence-corrected chi connectivity index (χ3v) is 7.82. The van der Waals surface area contributed by atoms with E-state index in [2.05, 4.69) is 0 Å². The van der Waals surface area contributed by atoms with Gasteiger partial charge in [-0.1, -0.05) is 18.2 Å². The van der Waals surface area contributed by atoms with Crippen molar-refractivity contribution in [1.29, 1.82) is 0 Å². The van der Waals surface area contributed by atoms with E-state index in [1.807, 2.05) is 0 Å². The second-order valence-corrected chi connectivity index (χ2v) is 10.5. The summed E-state index contributed by atoms with van der Waals surface area (Å²) in [4.78, 5) is 0.162. The van der Waals surface area contributed by atoms with Gasteiger partial charge in [0.05, 0.1) is 0 Å². The van der Waals surface area contributed by atoms with E-state index in [1.165, 1.54) is 24.3 Å². The molecule has 134 valence electrons. The van der Waals surface area contributed by atoms with Gasteiger partial charge in [0.15, 0.2) is 24.9 Å². The number of hydrogen-bond donors (Lipinski definition) is 0. The highest BCUT2D eigenvalue weighted by Crippen LogP contribution is 2.32. The Morgan fingerprint density at radius 3 is 1.48 bits per heavy atom. The Morgan fingerprint density at radius 1 is 0.870 bits per heavy atom. The predicted octanol–water partition coefficient (Wildman–Crippen LogP) is 2.19. The second kappa shape index (κ2) is 7.27. The number of rotatable bonds is 2. The Labute approximate surface area is 129 Å². The van der Waals surface area contributed by atoms with Crippen LogP contribution < -0.4 is 0 Å². The van der Waals surface area contributed by atoms with Gasteiger partial charge in [-0.15, -0.1) is 0 Å². The first-order chi connectivity index (χ1) is 10.0. The molecule has 1 atom stereocenters. The minimum atomic E-state index is -6.09. The maximum atomic E-state index is 12.2. The first kappa shape index (κ1) is 22.0. The number of benzene rings is 1. The Bertz CT molecular complexity index is 708. The average molecular weight is 406 g/mol. The van der Waals surface area contributed by atoms with Gasteiger partial charge < -0.3 is 4.55 Å². The summed E-state index contributed by atoms with van der Waals surface area (Å²) >= 11 is 0. The van der Waals surface area contributed by atoms with Crippen molar-refractivity contribution in [3.05, 3.63) is 30.3 Å². The van der Waals surface area contributed by atoms with E-state index in [0.29, 0.717) is 0 Å². The molecule has 0 amide bonds. The molecule has 0 fully saturated rings. The topological polar surface area (TPSA) is 91.3 Å². The Balaban J connectivity index is 0.000000515. The minimum absolute atomic E-state index is 0.162. The summed E-state index contributed by atoms with van der Waals surface area (Å²) in [7, 11) is -13.1. The average Bonchev–Trinajstić information content (AvgIpc) is 2.36. The Kier molecular flexibility index (Phi) is 6.96. The molecule has 0 saturated heterocycles. The monoisotopic (exact) mass is 406 g/mol. The summed E-state index contributed by atoms with van der Waals surface area (Å²) in [6.45, 7) is 0. The van der Waals surface area contributed by atoms with Crippen molar-refractivity contribution in [3.8, 4) is 0 Å². The van der Waals surface area contributed by atoms with Crippen molar-refractivity contribution in [1.82, 2.24) is 0 Å².